The molecule has 0 unspecified atom stereocenters. The van der Waals surface area contributed by atoms with E-state index in [-0.39, 0.29) is 25.0 Å². The van der Waals surface area contributed by atoms with Crippen LogP contribution in [0.2, 0.25) is 5.02 Å². The molecule has 0 aromatic heterocycles. The van der Waals surface area contributed by atoms with Gasteiger partial charge in [-0.2, -0.15) is 0 Å². The standard InChI is InChI=1S/C26H27ClN2O3/c1-17-13-18(2)25(19(3)14-17)28-24(30)15-29(4)26(31)21-10-6-8-12-23(21)32-16-20-9-5-7-11-22(20)27/h5-14H,15-16H2,1-4H3,(H,28,30). The van der Waals surface area contributed by atoms with E-state index < -0.39 is 0 Å². The Hall–Kier alpha value is -3.31. The van der Waals surface area contributed by atoms with Gasteiger partial charge in [-0.15, -0.1) is 0 Å². The third-order valence-electron chi connectivity index (χ3n) is 5.13. The molecule has 3 rings (SSSR count). The summed E-state index contributed by atoms with van der Waals surface area (Å²) in [6.45, 7) is 6.09. The maximum absolute atomic E-state index is 13.1. The first kappa shape index (κ1) is 23.4. The fourth-order valence-electron chi connectivity index (χ4n) is 3.59. The minimum atomic E-state index is -0.299. The third-order valence-corrected chi connectivity index (χ3v) is 5.50. The summed E-state index contributed by atoms with van der Waals surface area (Å²) in [6.07, 6.45) is 0. The van der Waals surface area contributed by atoms with E-state index in [2.05, 4.69) is 5.32 Å². The van der Waals surface area contributed by atoms with E-state index in [0.29, 0.717) is 16.3 Å². The van der Waals surface area contributed by atoms with Gasteiger partial charge in [-0.1, -0.05) is 59.6 Å². The highest BCUT2D eigenvalue weighted by atomic mass is 35.5. The molecule has 6 heteroatoms. The highest BCUT2D eigenvalue weighted by Crippen LogP contribution is 2.24. The summed E-state index contributed by atoms with van der Waals surface area (Å²) in [4.78, 5) is 27.1. The number of anilines is 1. The number of halogens is 1. The summed E-state index contributed by atoms with van der Waals surface area (Å²) in [6, 6.07) is 18.4. The summed E-state index contributed by atoms with van der Waals surface area (Å²) in [5.74, 6) is -0.118. The first-order chi connectivity index (χ1) is 15.3. The molecule has 0 aliphatic rings. The van der Waals surface area contributed by atoms with Crippen LogP contribution in [0.3, 0.4) is 0 Å². The molecule has 0 aliphatic carbocycles. The highest BCUT2D eigenvalue weighted by Gasteiger charge is 2.19. The van der Waals surface area contributed by atoms with Gasteiger partial charge in [-0.05, 0) is 50.1 Å². The molecule has 0 heterocycles. The van der Waals surface area contributed by atoms with E-state index in [1.165, 1.54) is 4.90 Å². The Morgan fingerprint density at radius 3 is 2.28 bits per heavy atom. The number of carbonyl (C=O) groups is 2. The minimum Gasteiger partial charge on any atom is -0.488 e. The number of nitrogens with one attached hydrogen (secondary N) is 1. The second-order valence-electron chi connectivity index (χ2n) is 7.86. The highest BCUT2D eigenvalue weighted by molar-refractivity contribution is 6.31. The van der Waals surface area contributed by atoms with Crippen molar-refractivity contribution in [2.45, 2.75) is 27.4 Å². The number of ether oxygens (including phenoxy) is 1. The zero-order chi connectivity index (χ0) is 23.3. The van der Waals surface area contributed by atoms with Gasteiger partial charge in [0.2, 0.25) is 5.91 Å². The van der Waals surface area contributed by atoms with E-state index in [9.17, 15) is 9.59 Å². The van der Waals surface area contributed by atoms with Gasteiger partial charge >= 0.3 is 0 Å². The fraction of sp³-hybridized carbons (Fsp3) is 0.231. The Morgan fingerprint density at radius 1 is 0.969 bits per heavy atom. The molecule has 0 bridgehead atoms. The molecular weight excluding hydrogens is 424 g/mol. The predicted octanol–water partition coefficient (Wildman–Crippen LogP) is 5.55. The number of aryl methyl sites for hydroxylation is 3. The quantitative estimate of drug-likeness (QED) is 0.513. The summed E-state index contributed by atoms with van der Waals surface area (Å²) >= 11 is 6.20. The zero-order valence-corrected chi connectivity index (χ0v) is 19.5. The molecule has 5 nitrogen and oxygen atoms in total. The molecule has 0 aliphatic heterocycles. The molecule has 0 fully saturated rings. The number of amides is 2. The van der Waals surface area contributed by atoms with Crippen LogP contribution >= 0.6 is 11.6 Å². The van der Waals surface area contributed by atoms with Gasteiger partial charge in [0.15, 0.2) is 0 Å². The lowest BCUT2D eigenvalue weighted by Crippen LogP contribution is -2.35. The minimum absolute atomic E-state index is 0.0789. The lowest BCUT2D eigenvalue weighted by Gasteiger charge is -2.20. The Kier molecular flexibility index (Phi) is 7.54. The second-order valence-corrected chi connectivity index (χ2v) is 8.27. The summed E-state index contributed by atoms with van der Waals surface area (Å²) in [5.41, 5.74) is 5.11. The molecule has 0 atom stereocenters. The molecule has 166 valence electrons. The second kappa shape index (κ2) is 10.3. The van der Waals surface area contributed by atoms with Crippen LogP contribution in [0.1, 0.15) is 32.6 Å². The summed E-state index contributed by atoms with van der Waals surface area (Å²) in [5, 5.41) is 3.54. The zero-order valence-electron chi connectivity index (χ0n) is 18.7. The normalized spacial score (nSPS) is 10.5. The van der Waals surface area contributed by atoms with Crippen LogP contribution in [0.15, 0.2) is 60.7 Å². The van der Waals surface area contributed by atoms with E-state index in [1.807, 2.05) is 51.1 Å². The summed E-state index contributed by atoms with van der Waals surface area (Å²) in [7, 11) is 1.60. The largest absolute Gasteiger partial charge is 0.488 e. The molecule has 2 amide bonds. The average molecular weight is 451 g/mol. The smallest absolute Gasteiger partial charge is 0.257 e. The number of hydrogen-bond donors (Lipinski definition) is 1. The molecule has 1 N–H and O–H groups in total. The Morgan fingerprint density at radius 2 is 1.59 bits per heavy atom. The van der Waals surface area contributed by atoms with Gasteiger partial charge in [-0.3, -0.25) is 9.59 Å². The number of para-hydroxylation sites is 1. The van der Waals surface area contributed by atoms with Gasteiger partial charge in [0.25, 0.3) is 5.91 Å². The monoisotopic (exact) mass is 450 g/mol. The SMILES string of the molecule is Cc1cc(C)c(NC(=O)CN(C)C(=O)c2ccccc2OCc2ccccc2Cl)c(C)c1. The predicted molar refractivity (Wildman–Crippen MR) is 128 cm³/mol. The van der Waals surface area contributed by atoms with E-state index in [4.69, 9.17) is 16.3 Å². The number of likely N-dealkylation sites (N-methyl/N-ethyl adjacent to an activating group) is 1. The van der Waals surface area contributed by atoms with Crippen molar-refractivity contribution in [3.8, 4) is 5.75 Å². The van der Waals surface area contributed by atoms with Crippen LogP contribution in [-0.4, -0.2) is 30.3 Å². The van der Waals surface area contributed by atoms with Crippen LogP contribution in [-0.2, 0) is 11.4 Å². The van der Waals surface area contributed by atoms with Gasteiger partial charge in [0.1, 0.15) is 12.4 Å². The maximum atomic E-state index is 13.1. The van der Waals surface area contributed by atoms with Crippen molar-refractivity contribution >= 4 is 29.1 Å². The first-order valence-corrected chi connectivity index (χ1v) is 10.7. The van der Waals surface area contributed by atoms with Gasteiger partial charge in [0.05, 0.1) is 12.1 Å². The molecular formula is C26H27ClN2O3. The number of rotatable bonds is 7. The third kappa shape index (κ3) is 5.68. The van der Waals surface area contributed by atoms with Crippen LogP contribution in [0, 0.1) is 20.8 Å². The molecule has 0 saturated heterocycles. The molecule has 0 saturated carbocycles. The van der Waals surface area contributed by atoms with Crippen molar-refractivity contribution in [2.24, 2.45) is 0 Å². The van der Waals surface area contributed by atoms with Crippen LogP contribution < -0.4 is 10.1 Å². The van der Waals surface area contributed by atoms with Gasteiger partial charge in [0, 0.05) is 23.3 Å². The lowest BCUT2D eigenvalue weighted by molar-refractivity contribution is -0.116. The number of nitrogens with zero attached hydrogens (tertiary/aromatic N) is 1. The van der Waals surface area contributed by atoms with Crippen LogP contribution in [0.4, 0.5) is 5.69 Å². The molecule has 0 radical (unpaired) electrons. The van der Waals surface area contributed by atoms with Gasteiger partial charge in [-0.25, -0.2) is 0 Å². The Labute approximate surface area is 194 Å². The lowest BCUT2D eigenvalue weighted by atomic mass is 10.1. The van der Waals surface area contributed by atoms with E-state index in [1.54, 1.807) is 37.4 Å². The van der Waals surface area contributed by atoms with Crippen LogP contribution in [0.25, 0.3) is 0 Å². The van der Waals surface area contributed by atoms with E-state index >= 15 is 0 Å². The summed E-state index contributed by atoms with van der Waals surface area (Å²) < 4.78 is 5.89. The molecule has 32 heavy (non-hydrogen) atoms. The van der Waals surface area contributed by atoms with Crippen molar-refractivity contribution < 1.29 is 14.3 Å². The Bertz CT molecular complexity index is 1120. The topological polar surface area (TPSA) is 58.6 Å². The number of benzene rings is 3. The van der Waals surface area contributed by atoms with Crippen LogP contribution in [0.5, 0.6) is 5.75 Å². The number of carbonyl (C=O) groups excluding carboxylic acids is 2. The fourth-order valence-corrected chi connectivity index (χ4v) is 3.78. The molecule has 3 aromatic rings. The van der Waals surface area contributed by atoms with Gasteiger partial charge < -0.3 is 15.0 Å². The van der Waals surface area contributed by atoms with Crippen molar-refractivity contribution in [1.82, 2.24) is 4.90 Å². The molecule has 0 spiro atoms. The maximum Gasteiger partial charge on any atom is 0.257 e. The van der Waals surface area contributed by atoms with Crippen molar-refractivity contribution in [3.63, 3.8) is 0 Å². The van der Waals surface area contributed by atoms with Crippen molar-refractivity contribution in [3.05, 3.63) is 93.5 Å². The van der Waals surface area contributed by atoms with Crippen molar-refractivity contribution in [1.29, 1.82) is 0 Å². The Balaban J connectivity index is 1.68. The number of hydrogen-bond acceptors (Lipinski definition) is 3. The molecule has 3 aromatic carbocycles. The van der Waals surface area contributed by atoms with E-state index in [0.717, 1.165) is 27.9 Å². The average Bonchev–Trinajstić information content (AvgIpc) is 2.75. The first-order valence-electron chi connectivity index (χ1n) is 10.3. The van der Waals surface area contributed by atoms with Crippen molar-refractivity contribution in [2.75, 3.05) is 18.9 Å².